The molecule has 2 aliphatic rings. The highest BCUT2D eigenvalue weighted by molar-refractivity contribution is 5.99. The van der Waals surface area contributed by atoms with Crippen molar-refractivity contribution in [2.45, 2.75) is 51.7 Å². The maximum absolute atomic E-state index is 13.5. The van der Waals surface area contributed by atoms with Gasteiger partial charge in [0.1, 0.15) is 12.2 Å². The highest BCUT2D eigenvalue weighted by atomic mass is 16.3. The summed E-state index contributed by atoms with van der Waals surface area (Å²) in [5, 5.41) is 14.0. The summed E-state index contributed by atoms with van der Waals surface area (Å²) < 4.78 is 0. The molecule has 2 atom stereocenters. The highest BCUT2D eigenvalue weighted by Crippen LogP contribution is 2.32. The van der Waals surface area contributed by atoms with Crippen LogP contribution >= 0.6 is 0 Å². The summed E-state index contributed by atoms with van der Waals surface area (Å²) in [5.74, 6) is 5.29. The first kappa shape index (κ1) is 27.0. The Kier molecular flexibility index (Phi) is 8.83. The van der Waals surface area contributed by atoms with Gasteiger partial charge in [0.15, 0.2) is 0 Å². The normalized spacial score (nSPS) is 17.8. The van der Waals surface area contributed by atoms with E-state index < -0.39 is 12.2 Å². The van der Waals surface area contributed by atoms with Crippen molar-refractivity contribution in [3.63, 3.8) is 0 Å². The Labute approximate surface area is 222 Å². The van der Waals surface area contributed by atoms with Crippen LogP contribution in [0.4, 0.5) is 5.69 Å². The monoisotopic (exact) mass is 517 g/mol. The molecule has 4 rings (SSSR count). The van der Waals surface area contributed by atoms with Gasteiger partial charge in [-0.25, -0.2) is 0 Å². The number of fused-ring (bicyclic) bond motifs is 1. The summed E-state index contributed by atoms with van der Waals surface area (Å²) in [4.78, 5) is 40.7. The number of amides is 2. The van der Waals surface area contributed by atoms with Crippen LogP contribution < -0.4 is 11.2 Å². The molecule has 0 aliphatic carbocycles. The molecule has 10 nitrogen and oxygen atoms in total. The summed E-state index contributed by atoms with van der Waals surface area (Å²) in [6.45, 7) is 6.10. The summed E-state index contributed by atoms with van der Waals surface area (Å²) in [6.07, 6.45) is 4.50. The van der Waals surface area contributed by atoms with E-state index in [-0.39, 0.29) is 18.4 Å². The van der Waals surface area contributed by atoms with Crippen molar-refractivity contribution in [2.75, 3.05) is 31.5 Å². The Morgan fingerprint density at radius 2 is 1.84 bits per heavy atom. The molecule has 38 heavy (non-hydrogen) atoms. The van der Waals surface area contributed by atoms with Crippen LogP contribution in [0.3, 0.4) is 0 Å². The van der Waals surface area contributed by atoms with E-state index in [0.717, 1.165) is 54.7 Å². The Morgan fingerprint density at radius 3 is 2.50 bits per heavy atom. The quantitative estimate of drug-likeness (QED) is 0.213. The summed E-state index contributed by atoms with van der Waals surface area (Å²) in [6, 6.07) is 13.1. The molecule has 2 unspecified atom stereocenters. The minimum absolute atomic E-state index is 0.0744. The number of likely N-dealkylation sites (tertiary alicyclic amines) is 1. The molecular formula is C28H35N7O3. The molecule has 2 aromatic carbocycles. The van der Waals surface area contributed by atoms with Gasteiger partial charge in [-0.05, 0) is 67.2 Å². The second-order valence-corrected chi connectivity index (χ2v) is 9.85. The number of nitrogens with two attached hydrogens (primary N) is 1. The van der Waals surface area contributed by atoms with Gasteiger partial charge in [0, 0.05) is 49.4 Å². The minimum Gasteiger partial charge on any atom is -0.361 e. The van der Waals surface area contributed by atoms with Gasteiger partial charge < -0.3 is 21.0 Å². The van der Waals surface area contributed by atoms with Crippen LogP contribution in [-0.4, -0.2) is 60.0 Å². The van der Waals surface area contributed by atoms with Crippen LogP contribution in [0.15, 0.2) is 63.6 Å². The van der Waals surface area contributed by atoms with E-state index in [1.165, 1.54) is 0 Å². The highest BCUT2D eigenvalue weighted by Gasteiger charge is 2.26. The van der Waals surface area contributed by atoms with Gasteiger partial charge in [-0.15, -0.1) is 5.11 Å². The van der Waals surface area contributed by atoms with Crippen molar-refractivity contribution in [1.29, 1.82) is 0 Å². The van der Waals surface area contributed by atoms with E-state index in [1.54, 1.807) is 11.8 Å². The molecule has 1 saturated heterocycles. The number of benzene rings is 2. The van der Waals surface area contributed by atoms with Crippen molar-refractivity contribution < 1.29 is 9.59 Å². The number of nitrogens with one attached hydrogen (secondary N) is 1. The smallest absolute Gasteiger partial charge is 0.253 e. The average Bonchev–Trinajstić information content (AvgIpc) is 3.41. The molecule has 2 aliphatic heterocycles. The van der Waals surface area contributed by atoms with Crippen molar-refractivity contribution in [3.05, 3.63) is 64.1 Å². The first-order valence-corrected chi connectivity index (χ1v) is 13.2. The van der Waals surface area contributed by atoms with E-state index >= 15 is 0 Å². The molecule has 1 fully saturated rings. The maximum Gasteiger partial charge on any atom is 0.253 e. The molecule has 2 heterocycles. The number of anilines is 1. The van der Waals surface area contributed by atoms with Gasteiger partial charge in [-0.2, -0.15) is 4.91 Å². The van der Waals surface area contributed by atoms with Gasteiger partial charge in [0.2, 0.25) is 5.91 Å². The number of nitrogens with zero attached hydrogens (tertiary/aromatic N) is 5. The van der Waals surface area contributed by atoms with Crippen LogP contribution in [0.25, 0.3) is 17.2 Å². The second kappa shape index (κ2) is 12.4. The zero-order chi connectivity index (χ0) is 27.1. The van der Waals surface area contributed by atoms with Gasteiger partial charge in [0.25, 0.3) is 5.91 Å². The van der Waals surface area contributed by atoms with Crippen LogP contribution in [-0.2, 0) is 4.79 Å². The number of carbonyl (C=O) groups excluding carboxylic acids is 2. The standard InChI is InChI=1S/C28H35N7O3/c1-3-12-35(18-19(2)32-38)28(37)24-15-23-11-10-22(16-25(23)30-26(17-24)31-33-29)20-6-8-21(9-7-20)27(36)34-13-4-5-14-34/h6-11,15-16,19,26,30H,3-5,12-14,17-18H2,1-2H3,(H2,29,31). The molecule has 0 bridgehead atoms. The van der Waals surface area contributed by atoms with Crippen molar-refractivity contribution in [1.82, 2.24) is 9.80 Å². The fourth-order valence-electron chi connectivity index (χ4n) is 4.98. The maximum atomic E-state index is 13.5. The predicted octanol–water partition coefficient (Wildman–Crippen LogP) is 4.83. The molecule has 0 aromatic heterocycles. The van der Waals surface area contributed by atoms with Crippen molar-refractivity contribution >= 4 is 23.6 Å². The fraction of sp³-hybridized carbons (Fsp3) is 0.429. The number of carbonyl (C=O) groups is 2. The van der Waals surface area contributed by atoms with Crippen LogP contribution in [0.2, 0.25) is 0 Å². The average molecular weight is 518 g/mol. The van der Waals surface area contributed by atoms with Gasteiger partial charge >= 0.3 is 0 Å². The lowest BCUT2D eigenvalue weighted by Gasteiger charge is -2.24. The molecule has 0 spiro atoms. The number of hydrogen-bond donors (Lipinski definition) is 2. The lowest BCUT2D eigenvalue weighted by Crippen LogP contribution is -2.38. The van der Waals surface area contributed by atoms with E-state index in [9.17, 15) is 14.5 Å². The summed E-state index contributed by atoms with van der Waals surface area (Å²) >= 11 is 0. The van der Waals surface area contributed by atoms with Gasteiger partial charge in [-0.1, -0.05) is 41.6 Å². The first-order chi connectivity index (χ1) is 18.4. The third-order valence-corrected chi connectivity index (χ3v) is 6.90. The third kappa shape index (κ3) is 6.24. The lowest BCUT2D eigenvalue weighted by atomic mass is 10.00. The molecule has 0 saturated carbocycles. The number of rotatable bonds is 9. The molecule has 2 aromatic rings. The topological polar surface area (TPSA) is 133 Å². The van der Waals surface area contributed by atoms with Gasteiger partial charge in [0.05, 0.1) is 0 Å². The number of nitroso groups, excluding NO2 is 1. The summed E-state index contributed by atoms with van der Waals surface area (Å²) in [7, 11) is 0. The molecule has 2 amide bonds. The summed E-state index contributed by atoms with van der Waals surface area (Å²) in [5.41, 5.74) is 4.81. The Balaban J connectivity index is 1.61. The zero-order valence-corrected chi connectivity index (χ0v) is 22.0. The SMILES string of the molecule is CCCN(CC(C)N=O)C(=O)C1=Cc2ccc(-c3ccc(C(=O)N4CCCC4)cc3)cc2NC(N=NN)C1. The first-order valence-electron chi connectivity index (χ1n) is 13.2. The Morgan fingerprint density at radius 1 is 1.13 bits per heavy atom. The van der Waals surface area contributed by atoms with Crippen molar-refractivity contribution in [3.8, 4) is 11.1 Å². The largest absolute Gasteiger partial charge is 0.361 e. The van der Waals surface area contributed by atoms with Crippen LogP contribution in [0.1, 0.15) is 55.5 Å². The van der Waals surface area contributed by atoms with Gasteiger partial charge in [-0.3, -0.25) is 9.59 Å². The van der Waals surface area contributed by atoms with Crippen molar-refractivity contribution in [2.24, 2.45) is 21.4 Å². The Hall–Kier alpha value is -4.08. The number of hydrogen-bond acceptors (Lipinski definition) is 7. The molecule has 10 heteroatoms. The molecule has 0 radical (unpaired) electrons. The Bertz CT molecular complexity index is 1220. The fourth-order valence-corrected chi connectivity index (χ4v) is 4.98. The van der Waals surface area contributed by atoms with Crippen LogP contribution in [0, 0.1) is 4.91 Å². The third-order valence-electron chi connectivity index (χ3n) is 6.90. The zero-order valence-electron chi connectivity index (χ0n) is 22.0. The molecular weight excluding hydrogens is 482 g/mol. The van der Waals surface area contributed by atoms with E-state index in [0.29, 0.717) is 24.1 Å². The van der Waals surface area contributed by atoms with E-state index in [1.807, 2.05) is 60.4 Å². The lowest BCUT2D eigenvalue weighted by molar-refractivity contribution is -0.127. The van der Waals surface area contributed by atoms with E-state index in [2.05, 4.69) is 20.8 Å². The second-order valence-electron chi connectivity index (χ2n) is 9.85. The predicted molar refractivity (Wildman–Crippen MR) is 148 cm³/mol. The van der Waals surface area contributed by atoms with Crippen LogP contribution in [0.5, 0.6) is 0 Å². The molecule has 3 N–H and O–H groups in total. The van der Waals surface area contributed by atoms with E-state index in [4.69, 9.17) is 5.84 Å². The molecule has 200 valence electrons. The minimum atomic E-state index is -0.530.